The molecular formula is C33H47Cl2IN14O2. The Morgan fingerprint density at radius 3 is 1.25 bits per heavy atom. The van der Waals surface area contributed by atoms with E-state index < -0.39 is 0 Å². The highest BCUT2D eigenvalue weighted by molar-refractivity contribution is 14.1. The summed E-state index contributed by atoms with van der Waals surface area (Å²) in [4.78, 5) is 46.1. The normalized spacial score (nSPS) is 9.60. The van der Waals surface area contributed by atoms with Crippen LogP contribution in [0.2, 0.25) is 10.6 Å². The summed E-state index contributed by atoms with van der Waals surface area (Å²) in [5.41, 5.74) is 8.60. The van der Waals surface area contributed by atoms with Crippen LogP contribution in [0.4, 0.5) is 23.8 Å². The average molecular weight is 870 g/mol. The van der Waals surface area contributed by atoms with Gasteiger partial charge in [-0.05, 0) is 80.7 Å². The van der Waals surface area contributed by atoms with Crippen LogP contribution in [-0.2, 0) is 29.3 Å². The van der Waals surface area contributed by atoms with Crippen LogP contribution in [0.1, 0.15) is 43.9 Å². The standard InChI is InChI=1S/C17H20N8O.C6H8N2.C5H6Cl2N4O.C3H8.C2H5I/c1-25(26-2)17-23-15(20-11-13-3-7-18-8-4-13)22-16(24-17)21-12-14-5-9-19-10-6-14;7-5-6-1-3-8-4-2-6;1-11(12-2)5-9-3(6)8-4(7)10-5;1-3-2;1-2-3/h3-10H,11-12H2,1-2H3,(H2,20,21,22,23,24);1-4H,5,7H2;1-2H3;3H2,1-2H3;2H2,1H3. The molecule has 0 amide bonds. The average Bonchev–Trinajstić information content (AvgIpc) is 3.17. The van der Waals surface area contributed by atoms with Gasteiger partial charge in [-0.3, -0.25) is 24.6 Å². The van der Waals surface area contributed by atoms with E-state index in [0.29, 0.717) is 37.5 Å². The third-order valence-electron chi connectivity index (χ3n) is 5.69. The van der Waals surface area contributed by atoms with E-state index in [-0.39, 0.29) is 16.5 Å². The maximum absolute atomic E-state index is 5.52. The molecule has 4 N–H and O–H groups in total. The monoisotopic (exact) mass is 868 g/mol. The third kappa shape index (κ3) is 20.0. The number of anilines is 4. The topological polar surface area (TPSA) is 191 Å². The number of nitrogens with zero attached hydrogens (tertiary/aromatic N) is 11. The molecule has 5 aromatic heterocycles. The lowest BCUT2D eigenvalue weighted by atomic mass is 10.3. The van der Waals surface area contributed by atoms with Crippen LogP contribution in [0.15, 0.2) is 73.6 Å². The molecule has 19 heteroatoms. The van der Waals surface area contributed by atoms with Crippen molar-refractivity contribution in [1.29, 1.82) is 0 Å². The molecule has 0 unspecified atom stereocenters. The Kier molecular flexibility index (Phi) is 25.1. The van der Waals surface area contributed by atoms with Gasteiger partial charge < -0.3 is 16.4 Å². The number of aromatic nitrogens is 9. The maximum Gasteiger partial charge on any atom is 0.256 e. The van der Waals surface area contributed by atoms with Gasteiger partial charge in [0, 0.05) is 70.9 Å². The molecule has 282 valence electrons. The highest BCUT2D eigenvalue weighted by atomic mass is 127. The SMILES string of the molecule is CCC.CCI.CON(C)c1nc(Cl)nc(Cl)n1.CON(C)c1nc(NCc2ccncc2)nc(NCc2ccncc2)n1.NCc1ccncc1. The van der Waals surface area contributed by atoms with Crippen molar-refractivity contribution in [3.05, 3.63) is 101 Å². The lowest BCUT2D eigenvalue weighted by Gasteiger charge is -2.16. The highest BCUT2D eigenvalue weighted by Crippen LogP contribution is 2.15. The van der Waals surface area contributed by atoms with Crippen molar-refractivity contribution in [3.63, 3.8) is 0 Å². The van der Waals surface area contributed by atoms with Crippen molar-refractivity contribution in [2.24, 2.45) is 5.73 Å². The molecular weight excluding hydrogens is 822 g/mol. The number of halogens is 3. The fraction of sp³-hybridized carbons (Fsp3) is 0.364. The van der Waals surface area contributed by atoms with Crippen molar-refractivity contribution in [3.8, 4) is 0 Å². The Balaban J connectivity index is 0.000000426. The zero-order valence-electron chi connectivity index (χ0n) is 30.4. The second-order valence-corrected chi connectivity index (χ2v) is 12.0. The quantitative estimate of drug-likeness (QED) is 0.0744. The molecule has 0 bridgehead atoms. The minimum absolute atomic E-state index is 0.0360. The summed E-state index contributed by atoms with van der Waals surface area (Å²) in [6.45, 7) is 8.11. The lowest BCUT2D eigenvalue weighted by Crippen LogP contribution is -2.20. The van der Waals surface area contributed by atoms with Gasteiger partial charge in [0.05, 0.1) is 14.2 Å². The maximum atomic E-state index is 5.52. The number of nitrogens with two attached hydrogens (primary N) is 1. The van der Waals surface area contributed by atoms with Crippen LogP contribution in [0, 0.1) is 0 Å². The van der Waals surface area contributed by atoms with E-state index in [0.717, 1.165) is 16.7 Å². The molecule has 16 nitrogen and oxygen atoms in total. The molecule has 5 heterocycles. The Labute approximate surface area is 329 Å². The Morgan fingerprint density at radius 1 is 0.615 bits per heavy atom. The van der Waals surface area contributed by atoms with E-state index in [1.54, 1.807) is 58.4 Å². The fourth-order valence-corrected chi connectivity index (χ4v) is 3.52. The van der Waals surface area contributed by atoms with Crippen LogP contribution in [0.3, 0.4) is 0 Å². The number of hydroxylamine groups is 2. The van der Waals surface area contributed by atoms with Gasteiger partial charge in [0.2, 0.25) is 22.5 Å². The first-order valence-electron chi connectivity index (χ1n) is 15.9. The Morgan fingerprint density at radius 2 is 0.942 bits per heavy atom. The first-order chi connectivity index (χ1) is 25.1. The summed E-state index contributed by atoms with van der Waals surface area (Å²) in [6.07, 6.45) is 11.7. The molecule has 0 saturated carbocycles. The highest BCUT2D eigenvalue weighted by Gasteiger charge is 2.11. The first-order valence-corrected chi connectivity index (χ1v) is 18.2. The molecule has 0 saturated heterocycles. The van der Waals surface area contributed by atoms with Crippen LogP contribution in [-0.4, -0.2) is 77.6 Å². The molecule has 0 aliphatic carbocycles. The predicted octanol–water partition coefficient (Wildman–Crippen LogP) is 6.46. The molecule has 0 fully saturated rings. The third-order valence-corrected chi connectivity index (χ3v) is 6.03. The summed E-state index contributed by atoms with van der Waals surface area (Å²) in [7, 11) is 6.39. The van der Waals surface area contributed by atoms with Crippen LogP contribution >= 0.6 is 45.8 Å². The zero-order valence-corrected chi connectivity index (χ0v) is 34.1. The van der Waals surface area contributed by atoms with Crippen molar-refractivity contribution >= 4 is 69.6 Å². The van der Waals surface area contributed by atoms with Gasteiger partial charge in [-0.1, -0.05) is 49.8 Å². The summed E-state index contributed by atoms with van der Waals surface area (Å²) in [5.74, 6) is 1.57. The van der Waals surface area contributed by atoms with E-state index in [1.807, 2.05) is 36.4 Å². The molecule has 0 spiro atoms. The van der Waals surface area contributed by atoms with Crippen LogP contribution in [0.25, 0.3) is 0 Å². The summed E-state index contributed by atoms with van der Waals surface area (Å²) < 4.78 is 1.22. The number of alkyl halides is 1. The Hall–Kier alpha value is -4.14. The zero-order chi connectivity index (χ0) is 38.6. The number of nitrogens with one attached hydrogen (secondary N) is 2. The van der Waals surface area contributed by atoms with Crippen molar-refractivity contribution in [1.82, 2.24) is 44.9 Å². The first kappa shape index (κ1) is 45.9. The molecule has 0 atom stereocenters. The van der Waals surface area contributed by atoms with E-state index in [1.165, 1.54) is 28.1 Å². The number of pyridine rings is 3. The summed E-state index contributed by atoms with van der Waals surface area (Å²) >= 11 is 13.3. The molecule has 0 aromatic carbocycles. The fourth-order valence-electron chi connectivity index (χ4n) is 3.17. The molecule has 5 rings (SSSR count). The molecule has 0 aliphatic rings. The number of hydrogen-bond acceptors (Lipinski definition) is 16. The van der Waals surface area contributed by atoms with Crippen LogP contribution in [0.5, 0.6) is 0 Å². The predicted molar refractivity (Wildman–Crippen MR) is 216 cm³/mol. The minimum atomic E-state index is 0.0360. The van der Waals surface area contributed by atoms with Gasteiger partial charge >= 0.3 is 0 Å². The Bertz CT molecular complexity index is 1540. The minimum Gasteiger partial charge on any atom is -0.350 e. The van der Waals surface area contributed by atoms with Crippen molar-refractivity contribution in [2.75, 3.05) is 53.5 Å². The van der Waals surface area contributed by atoms with Crippen molar-refractivity contribution < 1.29 is 9.68 Å². The van der Waals surface area contributed by atoms with E-state index in [2.05, 4.69) is 98.9 Å². The van der Waals surface area contributed by atoms with Crippen molar-refractivity contribution in [2.45, 2.75) is 46.8 Å². The van der Waals surface area contributed by atoms with Gasteiger partial charge in [-0.25, -0.2) is 10.1 Å². The lowest BCUT2D eigenvalue weighted by molar-refractivity contribution is 0.180. The van der Waals surface area contributed by atoms with E-state index in [9.17, 15) is 0 Å². The largest absolute Gasteiger partial charge is 0.350 e. The number of rotatable bonds is 11. The second-order valence-electron chi connectivity index (χ2n) is 9.77. The molecule has 0 aliphatic heterocycles. The van der Waals surface area contributed by atoms with Gasteiger partial charge in [0.1, 0.15) is 0 Å². The van der Waals surface area contributed by atoms with Crippen LogP contribution < -0.4 is 26.5 Å². The summed E-state index contributed by atoms with van der Waals surface area (Å²) in [5, 5.41) is 9.25. The number of hydrogen-bond donors (Lipinski definition) is 3. The van der Waals surface area contributed by atoms with Gasteiger partial charge in [-0.15, -0.1) is 0 Å². The van der Waals surface area contributed by atoms with E-state index in [4.69, 9.17) is 38.6 Å². The van der Waals surface area contributed by atoms with Gasteiger partial charge in [0.15, 0.2) is 0 Å². The summed E-state index contributed by atoms with van der Waals surface area (Å²) in [6, 6.07) is 11.5. The van der Waals surface area contributed by atoms with Gasteiger partial charge in [0.25, 0.3) is 11.9 Å². The second kappa shape index (κ2) is 28.4. The molecule has 0 radical (unpaired) electrons. The van der Waals surface area contributed by atoms with Gasteiger partial charge in [-0.2, -0.15) is 29.9 Å². The smallest absolute Gasteiger partial charge is 0.256 e. The molecule has 52 heavy (non-hydrogen) atoms. The molecule has 5 aromatic rings. The van der Waals surface area contributed by atoms with E-state index >= 15 is 0 Å².